The van der Waals surface area contributed by atoms with Gasteiger partial charge in [-0.25, -0.2) is 0 Å². The van der Waals surface area contributed by atoms with Crippen LogP contribution in [0.1, 0.15) is 25.0 Å². The van der Waals surface area contributed by atoms with E-state index in [9.17, 15) is 0 Å². The first-order valence-electron chi connectivity index (χ1n) is 5.60. The Kier molecular flexibility index (Phi) is 2.91. The molecule has 15 heavy (non-hydrogen) atoms. The Morgan fingerprint density at radius 1 is 1.47 bits per heavy atom. The minimum Gasteiger partial charge on any atom is -0.397 e. The van der Waals surface area contributed by atoms with E-state index in [0.29, 0.717) is 0 Å². The summed E-state index contributed by atoms with van der Waals surface area (Å²) in [7, 11) is 0. The van der Waals surface area contributed by atoms with Crippen molar-refractivity contribution in [3.8, 4) is 0 Å². The van der Waals surface area contributed by atoms with E-state index >= 15 is 0 Å². The third-order valence-corrected chi connectivity index (χ3v) is 2.88. The van der Waals surface area contributed by atoms with E-state index in [0.717, 1.165) is 37.7 Å². The van der Waals surface area contributed by atoms with Gasteiger partial charge >= 0.3 is 0 Å². The highest BCUT2D eigenvalue weighted by Crippen LogP contribution is 2.23. The number of hydrogen-bond donors (Lipinski definition) is 1. The second kappa shape index (κ2) is 4.19. The minimum atomic E-state index is 0.723. The van der Waals surface area contributed by atoms with E-state index in [2.05, 4.69) is 23.7 Å². The van der Waals surface area contributed by atoms with Gasteiger partial charge in [0.05, 0.1) is 11.9 Å². The second-order valence-corrected chi connectivity index (χ2v) is 4.75. The van der Waals surface area contributed by atoms with E-state index in [-0.39, 0.29) is 0 Å². The number of nitrogens with zero attached hydrogens (tertiary/aromatic N) is 2. The van der Waals surface area contributed by atoms with Crippen LogP contribution in [-0.4, -0.2) is 23.0 Å². The van der Waals surface area contributed by atoms with Crippen molar-refractivity contribution in [2.75, 3.05) is 18.8 Å². The van der Waals surface area contributed by atoms with Crippen molar-refractivity contribution in [3.05, 3.63) is 23.5 Å². The second-order valence-electron chi connectivity index (χ2n) is 4.75. The molecular weight excluding hydrogens is 186 g/mol. The fourth-order valence-corrected chi connectivity index (χ4v) is 2.25. The van der Waals surface area contributed by atoms with E-state index in [1.807, 2.05) is 6.20 Å². The van der Waals surface area contributed by atoms with Gasteiger partial charge in [-0.2, -0.15) is 0 Å². The predicted octanol–water partition coefficient (Wildman–Crippen LogP) is 1.68. The predicted molar refractivity (Wildman–Crippen MR) is 62.5 cm³/mol. The van der Waals surface area contributed by atoms with Gasteiger partial charge in [0, 0.05) is 25.8 Å². The molecule has 0 radical (unpaired) electrons. The molecule has 0 amide bonds. The maximum atomic E-state index is 5.91. The van der Waals surface area contributed by atoms with E-state index < -0.39 is 0 Å². The van der Waals surface area contributed by atoms with Crippen LogP contribution in [0, 0.1) is 5.92 Å². The summed E-state index contributed by atoms with van der Waals surface area (Å²) in [6, 6.07) is 0. The summed E-state index contributed by atoms with van der Waals surface area (Å²) in [5, 5.41) is 0. The zero-order valence-electron chi connectivity index (χ0n) is 9.53. The molecule has 0 saturated carbocycles. The highest BCUT2D eigenvalue weighted by molar-refractivity contribution is 5.49. The molecule has 0 bridgehead atoms. The first kappa shape index (κ1) is 10.4. The first-order valence-corrected chi connectivity index (χ1v) is 5.60. The van der Waals surface area contributed by atoms with Gasteiger partial charge in [-0.05, 0) is 23.5 Å². The van der Waals surface area contributed by atoms with Crippen LogP contribution in [0.3, 0.4) is 0 Å². The van der Waals surface area contributed by atoms with Crippen molar-refractivity contribution in [1.29, 1.82) is 0 Å². The number of hydrogen-bond acceptors (Lipinski definition) is 3. The smallest absolute Gasteiger partial charge is 0.0536 e. The largest absolute Gasteiger partial charge is 0.397 e. The topological polar surface area (TPSA) is 42.1 Å². The van der Waals surface area contributed by atoms with Gasteiger partial charge in [-0.3, -0.25) is 9.88 Å². The van der Waals surface area contributed by atoms with Gasteiger partial charge in [-0.15, -0.1) is 0 Å². The fraction of sp³-hybridized carbons (Fsp3) is 0.583. The molecule has 1 aliphatic heterocycles. The number of aromatic nitrogens is 1. The molecule has 0 aliphatic carbocycles. The standard InChI is InChI=1S/C12H19N3/c1-9(2)7-15-4-3-11-10(8-15)5-14-6-12(11)13/h5-6,9H,3-4,7-8,13H2,1-2H3. The molecule has 0 spiro atoms. The Balaban J connectivity index is 2.13. The maximum absolute atomic E-state index is 5.91. The van der Waals surface area contributed by atoms with Gasteiger partial charge in [0.25, 0.3) is 0 Å². The molecule has 82 valence electrons. The van der Waals surface area contributed by atoms with E-state index in [1.54, 1.807) is 6.20 Å². The van der Waals surface area contributed by atoms with Crippen LogP contribution >= 0.6 is 0 Å². The van der Waals surface area contributed by atoms with Gasteiger partial charge in [0.1, 0.15) is 0 Å². The molecule has 2 heterocycles. The Morgan fingerprint density at radius 3 is 3.00 bits per heavy atom. The lowest BCUT2D eigenvalue weighted by atomic mass is 10.00. The average molecular weight is 205 g/mol. The summed E-state index contributed by atoms with van der Waals surface area (Å²) in [6.07, 6.45) is 4.78. The van der Waals surface area contributed by atoms with Gasteiger partial charge in [-0.1, -0.05) is 13.8 Å². The van der Waals surface area contributed by atoms with Crippen molar-refractivity contribution in [2.24, 2.45) is 5.92 Å². The van der Waals surface area contributed by atoms with E-state index in [1.165, 1.54) is 11.1 Å². The highest BCUT2D eigenvalue weighted by atomic mass is 15.1. The molecule has 0 saturated heterocycles. The maximum Gasteiger partial charge on any atom is 0.0536 e. The number of anilines is 1. The quantitative estimate of drug-likeness (QED) is 0.798. The molecule has 0 unspecified atom stereocenters. The van der Waals surface area contributed by atoms with E-state index in [4.69, 9.17) is 5.73 Å². The third-order valence-electron chi connectivity index (χ3n) is 2.88. The number of rotatable bonds is 2. The van der Waals surface area contributed by atoms with Crippen LogP contribution in [0.2, 0.25) is 0 Å². The number of pyridine rings is 1. The fourth-order valence-electron chi connectivity index (χ4n) is 2.25. The lowest BCUT2D eigenvalue weighted by Gasteiger charge is -2.30. The third kappa shape index (κ3) is 2.29. The Bertz CT molecular complexity index is 347. The molecule has 0 fully saturated rings. The minimum absolute atomic E-state index is 0.723. The zero-order chi connectivity index (χ0) is 10.8. The number of nitrogen functional groups attached to an aromatic ring is 1. The molecule has 3 heteroatoms. The van der Waals surface area contributed by atoms with Crippen LogP contribution in [0.15, 0.2) is 12.4 Å². The van der Waals surface area contributed by atoms with Gasteiger partial charge in [0.2, 0.25) is 0 Å². The molecule has 0 atom stereocenters. The summed E-state index contributed by atoms with van der Waals surface area (Å²) >= 11 is 0. The zero-order valence-corrected chi connectivity index (χ0v) is 9.53. The van der Waals surface area contributed by atoms with Crippen LogP contribution < -0.4 is 5.73 Å². The Labute approximate surface area is 91.3 Å². The number of fused-ring (bicyclic) bond motifs is 1. The van der Waals surface area contributed by atoms with Crippen LogP contribution in [0.4, 0.5) is 5.69 Å². The molecule has 1 aliphatic rings. The lowest BCUT2D eigenvalue weighted by molar-refractivity contribution is 0.226. The van der Waals surface area contributed by atoms with Crippen LogP contribution in [-0.2, 0) is 13.0 Å². The molecule has 2 rings (SSSR count). The summed E-state index contributed by atoms with van der Waals surface area (Å²) in [6.45, 7) is 7.80. The molecule has 2 N–H and O–H groups in total. The summed E-state index contributed by atoms with van der Waals surface area (Å²) < 4.78 is 0. The first-order chi connectivity index (χ1) is 7.16. The normalized spacial score (nSPS) is 16.7. The molecule has 3 nitrogen and oxygen atoms in total. The summed E-state index contributed by atoms with van der Waals surface area (Å²) in [5.74, 6) is 0.723. The van der Waals surface area contributed by atoms with Crippen LogP contribution in [0.25, 0.3) is 0 Å². The van der Waals surface area contributed by atoms with Gasteiger partial charge < -0.3 is 5.73 Å². The van der Waals surface area contributed by atoms with Crippen LogP contribution in [0.5, 0.6) is 0 Å². The summed E-state index contributed by atoms with van der Waals surface area (Å²) in [5.41, 5.74) is 9.38. The summed E-state index contributed by atoms with van der Waals surface area (Å²) in [4.78, 5) is 6.64. The monoisotopic (exact) mass is 205 g/mol. The highest BCUT2D eigenvalue weighted by Gasteiger charge is 2.18. The van der Waals surface area contributed by atoms with Crippen molar-refractivity contribution in [1.82, 2.24) is 9.88 Å². The van der Waals surface area contributed by atoms with Gasteiger partial charge in [0.15, 0.2) is 0 Å². The van der Waals surface area contributed by atoms with Crippen molar-refractivity contribution in [3.63, 3.8) is 0 Å². The lowest BCUT2D eigenvalue weighted by Crippen LogP contribution is -2.33. The SMILES string of the molecule is CC(C)CN1CCc2c(N)cncc2C1. The van der Waals surface area contributed by atoms with Crippen molar-refractivity contribution in [2.45, 2.75) is 26.8 Å². The van der Waals surface area contributed by atoms with Crippen molar-refractivity contribution >= 4 is 5.69 Å². The Hall–Kier alpha value is -1.09. The average Bonchev–Trinajstić information content (AvgIpc) is 2.17. The molecule has 1 aromatic heterocycles. The Morgan fingerprint density at radius 2 is 2.27 bits per heavy atom. The van der Waals surface area contributed by atoms with Crippen molar-refractivity contribution < 1.29 is 0 Å². The molecular formula is C12H19N3. The number of nitrogens with two attached hydrogens (primary N) is 1. The molecule has 1 aromatic rings. The molecule has 0 aromatic carbocycles.